The van der Waals surface area contributed by atoms with Crippen molar-refractivity contribution in [2.45, 2.75) is 57.5 Å². The van der Waals surface area contributed by atoms with Crippen LogP contribution in [0.5, 0.6) is 0 Å². The molecule has 1 amide bonds. The Hall–Kier alpha value is -0.610. The lowest BCUT2D eigenvalue weighted by Gasteiger charge is -2.32. The maximum atomic E-state index is 11.8. The number of nitrogens with two attached hydrogens (primary N) is 2. The van der Waals surface area contributed by atoms with Gasteiger partial charge in [0.25, 0.3) is 0 Å². The lowest BCUT2D eigenvalue weighted by molar-refractivity contribution is -0.126. The summed E-state index contributed by atoms with van der Waals surface area (Å²) < 4.78 is 0. The normalized spacial score (nSPS) is 20.5. The number of rotatable bonds is 4. The molecule has 0 spiro atoms. The summed E-state index contributed by atoms with van der Waals surface area (Å²) in [7, 11) is 0. The standard InChI is InChI=1S/C12H25N3O/c1-12(2,14)11(16)15-10(8-13)9-6-4-3-5-7-9/h9-10H,3-8,13-14H2,1-2H3,(H,15,16). The van der Waals surface area contributed by atoms with E-state index in [0.717, 1.165) is 0 Å². The summed E-state index contributed by atoms with van der Waals surface area (Å²) in [6.07, 6.45) is 6.16. The molecule has 4 nitrogen and oxygen atoms in total. The first-order chi connectivity index (χ1) is 7.45. The zero-order valence-electron chi connectivity index (χ0n) is 10.5. The zero-order valence-corrected chi connectivity index (χ0v) is 10.5. The topological polar surface area (TPSA) is 81.1 Å². The van der Waals surface area contributed by atoms with E-state index < -0.39 is 5.54 Å². The third-order valence-corrected chi connectivity index (χ3v) is 3.37. The van der Waals surface area contributed by atoms with Crippen molar-refractivity contribution in [1.82, 2.24) is 5.32 Å². The van der Waals surface area contributed by atoms with Crippen molar-refractivity contribution in [2.24, 2.45) is 17.4 Å². The lowest BCUT2D eigenvalue weighted by atomic mass is 9.83. The molecule has 1 aliphatic rings. The molecule has 0 aliphatic heterocycles. The number of carbonyl (C=O) groups excluding carboxylic acids is 1. The van der Waals surface area contributed by atoms with Crippen molar-refractivity contribution in [2.75, 3.05) is 6.54 Å². The Morgan fingerprint density at radius 2 is 1.94 bits per heavy atom. The fourth-order valence-electron chi connectivity index (χ4n) is 2.26. The summed E-state index contributed by atoms with van der Waals surface area (Å²) in [6, 6.07) is 0.0932. The minimum atomic E-state index is -0.817. The molecule has 5 N–H and O–H groups in total. The Bertz CT molecular complexity index is 229. The molecule has 94 valence electrons. The molecule has 0 saturated heterocycles. The van der Waals surface area contributed by atoms with Crippen molar-refractivity contribution in [1.29, 1.82) is 0 Å². The van der Waals surface area contributed by atoms with Gasteiger partial charge in [0.15, 0.2) is 0 Å². The quantitative estimate of drug-likeness (QED) is 0.663. The van der Waals surface area contributed by atoms with E-state index in [1.165, 1.54) is 32.1 Å². The zero-order chi connectivity index (χ0) is 12.2. The first kappa shape index (κ1) is 13.5. The van der Waals surface area contributed by atoms with Crippen LogP contribution < -0.4 is 16.8 Å². The van der Waals surface area contributed by atoms with Gasteiger partial charge in [-0.05, 0) is 32.6 Å². The number of carbonyl (C=O) groups is 1. The predicted octanol–water partition coefficient (Wildman–Crippen LogP) is 0.748. The molecule has 0 aromatic rings. The highest BCUT2D eigenvalue weighted by molar-refractivity contribution is 5.85. The summed E-state index contributed by atoms with van der Waals surface area (Å²) in [5.74, 6) is 0.429. The van der Waals surface area contributed by atoms with Crippen molar-refractivity contribution in [3.63, 3.8) is 0 Å². The van der Waals surface area contributed by atoms with E-state index in [1.54, 1.807) is 13.8 Å². The molecular weight excluding hydrogens is 202 g/mol. The average Bonchev–Trinajstić information content (AvgIpc) is 2.25. The van der Waals surface area contributed by atoms with E-state index >= 15 is 0 Å². The van der Waals surface area contributed by atoms with Crippen LogP contribution in [0.25, 0.3) is 0 Å². The fraction of sp³-hybridized carbons (Fsp3) is 0.917. The van der Waals surface area contributed by atoms with Gasteiger partial charge >= 0.3 is 0 Å². The molecule has 1 saturated carbocycles. The van der Waals surface area contributed by atoms with Gasteiger partial charge in [0, 0.05) is 12.6 Å². The van der Waals surface area contributed by atoms with E-state index in [1.807, 2.05) is 0 Å². The molecule has 16 heavy (non-hydrogen) atoms. The van der Waals surface area contributed by atoms with Gasteiger partial charge in [-0.15, -0.1) is 0 Å². The van der Waals surface area contributed by atoms with Crippen LogP contribution in [0.1, 0.15) is 46.0 Å². The number of nitrogens with one attached hydrogen (secondary N) is 1. The lowest BCUT2D eigenvalue weighted by Crippen LogP contribution is -2.55. The molecule has 0 aromatic carbocycles. The van der Waals surface area contributed by atoms with Crippen molar-refractivity contribution in [3.05, 3.63) is 0 Å². The summed E-state index contributed by atoms with van der Waals surface area (Å²) in [4.78, 5) is 11.8. The minimum absolute atomic E-state index is 0.0932. The monoisotopic (exact) mass is 227 g/mol. The van der Waals surface area contributed by atoms with E-state index in [4.69, 9.17) is 11.5 Å². The third-order valence-electron chi connectivity index (χ3n) is 3.37. The van der Waals surface area contributed by atoms with Crippen molar-refractivity contribution in [3.8, 4) is 0 Å². The predicted molar refractivity (Wildman–Crippen MR) is 65.8 cm³/mol. The smallest absolute Gasteiger partial charge is 0.239 e. The highest BCUT2D eigenvalue weighted by Gasteiger charge is 2.28. The first-order valence-electron chi connectivity index (χ1n) is 6.25. The molecule has 1 unspecified atom stereocenters. The Balaban J connectivity index is 2.50. The van der Waals surface area contributed by atoms with Crippen LogP contribution in [0.15, 0.2) is 0 Å². The molecule has 0 heterocycles. The maximum Gasteiger partial charge on any atom is 0.239 e. The minimum Gasteiger partial charge on any atom is -0.350 e. The molecule has 1 atom stereocenters. The maximum absolute atomic E-state index is 11.8. The van der Waals surface area contributed by atoms with Crippen LogP contribution in [-0.4, -0.2) is 24.0 Å². The molecule has 1 aliphatic carbocycles. The third kappa shape index (κ3) is 3.76. The van der Waals surface area contributed by atoms with Crippen LogP contribution in [0.3, 0.4) is 0 Å². The molecule has 4 heteroatoms. The highest BCUT2D eigenvalue weighted by Crippen LogP contribution is 2.26. The van der Waals surface area contributed by atoms with Gasteiger partial charge in [0.1, 0.15) is 0 Å². The molecule has 0 radical (unpaired) electrons. The van der Waals surface area contributed by atoms with E-state index in [-0.39, 0.29) is 11.9 Å². The summed E-state index contributed by atoms with van der Waals surface area (Å²) in [6.45, 7) is 3.94. The van der Waals surface area contributed by atoms with Gasteiger partial charge in [0.05, 0.1) is 5.54 Å². The number of hydrogen-bond donors (Lipinski definition) is 3. The number of hydrogen-bond acceptors (Lipinski definition) is 3. The van der Waals surface area contributed by atoms with Crippen molar-refractivity contribution < 1.29 is 4.79 Å². The highest BCUT2D eigenvalue weighted by atomic mass is 16.2. The van der Waals surface area contributed by atoms with Crippen LogP contribution in [-0.2, 0) is 4.79 Å². The van der Waals surface area contributed by atoms with E-state index in [2.05, 4.69) is 5.32 Å². The van der Waals surface area contributed by atoms with Gasteiger partial charge in [-0.3, -0.25) is 4.79 Å². The Kier molecular flexibility index (Phi) is 4.74. The summed E-state index contributed by atoms with van der Waals surface area (Å²) in [5, 5.41) is 2.99. The van der Waals surface area contributed by atoms with Gasteiger partial charge in [-0.2, -0.15) is 0 Å². The summed E-state index contributed by atoms with van der Waals surface area (Å²) in [5.41, 5.74) is 10.7. The van der Waals surface area contributed by atoms with Crippen LogP contribution in [0.2, 0.25) is 0 Å². The van der Waals surface area contributed by atoms with Gasteiger partial charge in [-0.25, -0.2) is 0 Å². The second kappa shape index (κ2) is 5.64. The molecular formula is C12H25N3O. The Morgan fingerprint density at radius 1 is 1.38 bits per heavy atom. The fourth-order valence-corrected chi connectivity index (χ4v) is 2.26. The second-order valence-electron chi connectivity index (χ2n) is 5.44. The van der Waals surface area contributed by atoms with Gasteiger partial charge in [-0.1, -0.05) is 19.3 Å². The van der Waals surface area contributed by atoms with E-state index in [9.17, 15) is 4.79 Å². The average molecular weight is 227 g/mol. The molecule has 0 aromatic heterocycles. The first-order valence-corrected chi connectivity index (χ1v) is 6.25. The molecule has 1 rings (SSSR count). The van der Waals surface area contributed by atoms with Crippen LogP contribution in [0, 0.1) is 5.92 Å². The SMILES string of the molecule is CC(C)(N)C(=O)NC(CN)C1CCCCC1. The Labute approximate surface area is 98.1 Å². The number of amides is 1. The summed E-state index contributed by atoms with van der Waals surface area (Å²) >= 11 is 0. The van der Waals surface area contributed by atoms with Gasteiger partial charge < -0.3 is 16.8 Å². The second-order valence-corrected chi connectivity index (χ2v) is 5.44. The molecule has 0 bridgehead atoms. The Morgan fingerprint density at radius 3 is 2.38 bits per heavy atom. The van der Waals surface area contributed by atoms with Crippen LogP contribution in [0.4, 0.5) is 0 Å². The van der Waals surface area contributed by atoms with E-state index in [0.29, 0.717) is 12.5 Å². The van der Waals surface area contributed by atoms with Crippen LogP contribution >= 0.6 is 0 Å². The molecule has 1 fully saturated rings. The van der Waals surface area contributed by atoms with Gasteiger partial charge in [0.2, 0.25) is 5.91 Å². The largest absolute Gasteiger partial charge is 0.350 e. The van der Waals surface area contributed by atoms with Crippen molar-refractivity contribution >= 4 is 5.91 Å².